The quantitative estimate of drug-likeness (QED) is 0.342. The number of anilines is 1. The normalized spacial score (nSPS) is 23.2. The minimum Gasteiger partial charge on any atom is -0.399 e. The summed E-state index contributed by atoms with van der Waals surface area (Å²) < 4.78 is 0. The number of nitrogens with zero attached hydrogens (tertiary/aromatic N) is 1. The summed E-state index contributed by atoms with van der Waals surface area (Å²) in [7, 11) is 0. The average Bonchev–Trinajstić information content (AvgIpc) is 2.58. The Morgan fingerprint density at radius 3 is 2.94 bits per heavy atom. The Morgan fingerprint density at radius 2 is 2.29 bits per heavy atom. The highest BCUT2D eigenvalue weighted by Gasteiger charge is 2.28. The molecular formula is C11H15N5S. The summed E-state index contributed by atoms with van der Waals surface area (Å²) in [6.07, 6.45) is 0. The van der Waals surface area contributed by atoms with Crippen molar-refractivity contribution in [3.8, 4) is 0 Å². The van der Waals surface area contributed by atoms with Gasteiger partial charge in [0, 0.05) is 5.69 Å². The van der Waals surface area contributed by atoms with Crippen LogP contribution < -0.4 is 16.8 Å². The first kappa shape index (κ1) is 11.8. The molecule has 1 aliphatic rings. The second-order valence-corrected chi connectivity index (χ2v) is 5.05. The van der Waals surface area contributed by atoms with E-state index in [4.69, 9.17) is 16.9 Å². The van der Waals surface area contributed by atoms with Crippen molar-refractivity contribution >= 4 is 28.6 Å². The van der Waals surface area contributed by atoms with Gasteiger partial charge in [-0.2, -0.15) is 0 Å². The zero-order chi connectivity index (χ0) is 12.4. The molecule has 0 aromatic heterocycles. The largest absolute Gasteiger partial charge is 0.399 e. The lowest BCUT2D eigenvalue weighted by Gasteiger charge is -2.13. The lowest BCUT2D eigenvalue weighted by molar-refractivity contribution is 0.739. The van der Waals surface area contributed by atoms with E-state index in [-0.39, 0.29) is 17.3 Å². The predicted octanol–water partition coefficient (Wildman–Crippen LogP) is 1.28. The average molecular weight is 249 g/mol. The Morgan fingerprint density at radius 1 is 1.53 bits per heavy atom. The first-order chi connectivity index (χ1) is 8.06. The number of nitrogen functional groups attached to an aromatic ring is 1. The van der Waals surface area contributed by atoms with E-state index in [0.717, 1.165) is 11.3 Å². The minimum atomic E-state index is -0.0864. The number of guanidine groups is 1. The molecule has 0 saturated carbocycles. The van der Waals surface area contributed by atoms with E-state index >= 15 is 0 Å². The number of benzene rings is 1. The van der Waals surface area contributed by atoms with Gasteiger partial charge in [-0.25, -0.2) is 0 Å². The third-order valence-electron chi connectivity index (χ3n) is 2.48. The van der Waals surface area contributed by atoms with Gasteiger partial charge in [0.25, 0.3) is 0 Å². The van der Waals surface area contributed by atoms with Gasteiger partial charge in [0.15, 0.2) is 11.1 Å². The third-order valence-corrected chi connectivity index (χ3v) is 3.83. The van der Waals surface area contributed by atoms with Crippen LogP contribution in [0.1, 0.15) is 17.7 Å². The summed E-state index contributed by atoms with van der Waals surface area (Å²) in [5.74, 6) is -0.0864. The molecule has 1 heterocycles. The van der Waals surface area contributed by atoms with Gasteiger partial charge in [0.1, 0.15) is 0 Å². The fourth-order valence-corrected chi connectivity index (χ4v) is 2.94. The number of hydrogen-bond donors (Lipinski definition) is 4. The van der Waals surface area contributed by atoms with E-state index in [1.54, 1.807) is 11.8 Å². The fourth-order valence-electron chi connectivity index (χ4n) is 1.76. The van der Waals surface area contributed by atoms with E-state index in [1.165, 1.54) is 0 Å². The van der Waals surface area contributed by atoms with Crippen LogP contribution in [0.3, 0.4) is 0 Å². The summed E-state index contributed by atoms with van der Waals surface area (Å²) >= 11 is 1.57. The minimum absolute atomic E-state index is 0.0864. The molecular weight excluding hydrogens is 234 g/mol. The van der Waals surface area contributed by atoms with E-state index in [0.29, 0.717) is 5.17 Å². The molecule has 0 spiro atoms. The molecule has 5 nitrogen and oxygen atoms in total. The van der Waals surface area contributed by atoms with Gasteiger partial charge in [-0.1, -0.05) is 23.9 Å². The highest BCUT2D eigenvalue weighted by molar-refractivity contribution is 8.14. The highest BCUT2D eigenvalue weighted by atomic mass is 32.2. The van der Waals surface area contributed by atoms with Crippen LogP contribution >= 0.6 is 11.8 Å². The molecule has 90 valence electrons. The topological polar surface area (TPSA) is 100 Å². The van der Waals surface area contributed by atoms with Crippen molar-refractivity contribution in [1.29, 1.82) is 5.41 Å². The van der Waals surface area contributed by atoms with Gasteiger partial charge < -0.3 is 16.8 Å². The van der Waals surface area contributed by atoms with Gasteiger partial charge in [0.05, 0.1) is 11.3 Å². The molecule has 6 heteroatoms. The van der Waals surface area contributed by atoms with E-state index in [2.05, 4.69) is 10.3 Å². The lowest BCUT2D eigenvalue weighted by atomic mass is 10.1. The summed E-state index contributed by atoms with van der Waals surface area (Å²) in [6, 6.07) is 7.94. The summed E-state index contributed by atoms with van der Waals surface area (Å²) in [5, 5.41) is 10.8. The van der Waals surface area contributed by atoms with E-state index in [9.17, 15) is 0 Å². The zero-order valence-electron chi connectivity index (χ0n) is 9.47. The lowest BCUT2D eigenvalue weighted by Crippen LogP contribution is -2.33. The molecule has 2 rings (SSSR count). The number of aliphatic imine (C=N–C) groups is 1. The van der Waals surface area contributed by atoms with Crippen LogP contribution in [0.25, 0.3) is 0 Å². The van der Waals surface area contributed by atoms with Crippen molar-refractivity contribution in [3.63, 3.8) is 0 Å². The number of hydrogen-bond acceptors (Lipinski definition) is 4. The molecule has 6 N–H and O–H groups in total. The van der Waals surface area contributed by atoms with Crippen molar-refractivity contribution in [2.24, 2.45) is 10.7 Å². The summed E-state index contributed by atoms with van der Waals surface area (Å²) in [4.78, 5) is 4.42. The number of rotatable bonds is 1. The predicted molar refractivity (Wildman–Crippen MR) is 73.1 cm³/mol. The molecule has 0 aliphatic carbocycles. The van der Waals surface area contributed by atoms with Crippen molar-refractivity contribution < 1.29 is 0 Å². The van der Waals surface area contributed by atoms with Gasteiger partial charge >= 0.3 is 0 Å². The molecule has 0 radical (unpaired) electrons. The van der Waals surface area contributed by atoms with Crippen LogP contribution in [-0.4, -0.2) is 17.2 Å². The van der Waals surface area contributed by atoms with E-state index in [1.807, 2.05) is 31.2 Å². The van der Waals surface area contributed by atoms with Gasteiger partial charge in [0.2, 0.25) is 0 Å². The summed E-state index contributed by atoms with van der Waals surface area (Å²) in [6.45, 7) is 2.04. The molecule has 1 aromatic rings. The van der Waals surface area contributed by atoms with Crippen molar-refractivity contribution in [3.05, 3.63) is 29.8 Å². The van der Waals surface area contributed by atoms with Crippen LogP contribution in [-0.2, 0) is 0 Å². The second-order valence-electron chi connectivity index (χ2n) is 3.92. The molecule has 1 aromatic carbocycles. The molecule has 17 heavy (non-hydrogen) atoms. The second kappa shape index (κ2) is 4.67. The van der Waals surface area contributed by atoms with E-state index < -0.39 is 0 Å². The summed E-state index contributed by atoms with van der Waals surface area (Å²) in [5.41, 5.74) is 13.0. The van der Waals surface area contributed by atoms with Crippen LogP contribution in [0.2, 0.25) is 0 Å². The first-order valence-electron chi connectivity index (χ1n) is 5.27. The maximum atomic E-state index is 7.18. The molecule has 0 fully saturated rings. The van der Waals surface area contributed by atoms with Crippen molar-refractivity contribution in [1.82, 2.24) is 5.32 Å². The van der Waals surface area contributed by atoms with Crippen LogP contribution in [0.5, 0.6) is 0 Å². The number of nitrogens with two attached hydrogens (primary N) is 2. The molecule has 0 amide bonds. The molecule has 2 unspecified atom stereocenters. The first-order valence-corrected chi connectivity index (χ1v) is 6.15. The Bertz CT molecular complexity index is 471. The van der Waals surface area contributed by atoms with Crippen LogP contribution in [0.15, 0.2) is 29.3 Å². The van der Waals surface area contributed by atoms with Crippen LogP contribution in [0.4, 0.5) is 5.69 Å². The van der Waals surface area contributed by atoms with Crippen LogP contribution in [0, 0.1) is 5.41 Å². The van der Waals surface area contributed by atoms with Gasteiger partial charge in [-0.15, -0.1) is 0 Å². The maximum absolute atomic E-state index is 7.18. The molecule has 0 bridgehead atoms. The van der Waals surface area contributed by atoms with Gasteiger partial charge in [-0.3, -0.25) is 10.4 Å². The Hall–Kier alpha value is -1.69. The molecule has 0 saturated heterocycles. The SMILES string of the molecule is CC1N=C(NC(=N)N)SC1c1cccc(N)c1. The molecule has 1 aliphatic heterocycles. The van der Waals surface area contributed by atoms with Crippen molar-refractivity contribution in [2.45, 2.75) is 18.2 Å². The van der Waals surface area contributed by atoms with Crippen molar-refractivity contribution in [2.75, 3.05) is 5.73 Å². The number of amidine groups is 1. The number of nitrogens with one attached hydrogen (secondary N) is 2. The standard InChI is InChI=1S/C11H15N5S/c1-6-9(7-3-2-4-8(12)5-7)17-11(15-6)16-10(13)14/h2-6,9H,12H2,1H3,(H4,13,14,15,16). The Kier molecular flexibility index (Phi) is 3.23. The number of thioether (sulfide) groups is 1. The Labute approximate surface area is 104 Å². The highest BCUT2D eigenvalue weighted by Crippen LogP contribution is 2.39. The Balaban J connectivity index is 2.13. The fraction of sp³-hybridized carbons (Fsp3) is 0.273. The van der Waals surface area contributed by atoms with Gasteiger partial charge in [-0.05, 0) is 24.6 Å². The zero-order valence-corrected chi connectivity index (χ0v) is 10.3. The monoisotopic (exact) mass is 249 g/mol. The molecule has 2 atom stereocenters. The maximum Gasteiger partial charge on any atom is 0.191 e. The third kappa shape index (κ3) is 2.71. The smallest absolute Gasteiger partial charge is 0.191 e.